The zero-order valence-corrected chi connectivity index (χ0v) is 10.4. The molecule has 0 unspecified atom stereocenters. The molecule has 0 amide bonds. The molecule has 0 bridgehead atoms. The number of hydrogen-bond acceptors (Lipinski definition) is 1. The predicted molar refractivity (Wildman–Crippen MR) is 70.3 cm³/mol. The van der Waals surface area contributed by atoms with Gasteiger partial charge in [-0.25, -0.2) is 9.37 Å². The van der Waals surface area contributed by atoms with E-state index in [0.29, 0.717) is 10.7 Å². The molecule has 0 saturated heterocycles. The van der Waals surface area contributed by atoms with E-state index in [1.807, 2.05) is 35.6 Å². The lowest BCUT2D eigenvalue weighted by molar-refractivity contribution is 0.626. The molecule has 0 spiro atoms. The quantitative estimate of drug-likeness (QED) is 0.644. The van der Waals surface area contributed by atoms with Crippen LogP contribution in [0.4, 0.5) is 4.39 Å². The molecule has 3 aromatic rings. The van der Waals surface area contributed by atoms with E-state index in [4.69, 9.17) is 11.6 Å². The Hall–Kier alpha value is -1.87. The number of fused-ring (bicyclic) bond motifs is 1. The summed E-state index contributed by atoms with van der Waals surface area (Å²) < 4.78 is 15.0. The maximum atomic E-state index is 13.2. The number of halogens is 2. The van der Waals surface area contributed by atoms with E-state index in [9.17, 15) is 4.39 Å². The van der Waals surface area contributed by atoms with Gasteiger partial charge in [0, 0.05) is 28.5 Å². The van der Waals surface area contributed by atoms with Crippen molar-refractivity contribution in [1.82, 2.24) is 9.38 Å². The van der Waals surface area contributed by atoms with Crippen molar-refractivity contribution in [2.24, 2.45) is 0 Å². The average Bonchev–Trinajstić information content (AvgIpc) is 2.67. The molecule has 0 aliphatic rings. The molecule has 2 aromatic heterocycles. The number of benzene rings is 1. The number of aromatic nitrogens is 2. The van der Waals surface area contributed by atoms with E-state index < -0.39 is 0 Å². The van der Waals surface area contributed by atoms with Gasteiger partial charge in [-0.2, -0.15) is 0 Å². The van der Waals surface area contributed by atoms with Crippen molar-refractivity contribution in [3.8, 4) is 11.3 Å². The highest BCUT2D eigenvalue weighted by molar-refractivity contribution is 6.30. The number of hydrogen-bond donors (Lipinski definition) is 0. The molecule has 0 saturated carbocycles. The fourth-order valence-corrected chi connectivity index (χ4v) is 2.15. The molecule has 0 fully saturated rings. The van der Waals surface area contributed by atoms with Gasteiger partial charge in [0.1, 0.15) is 11.5 Å². The molecule has 4 heteroatoms. The van der Waals surface area contributed by atoms with Gasteiger partial charge < -0.3 is 4.40 Å². The van der Waals surface area contributed by atoms with E-state index >= 15 is 0 Å². The molecule has 0 N–H and O–H groups in total. The Kier molecular flexibility index (Phi) is 2.56. The Balaban J connectivity index is 2.23. The lowest BCUT2D eigenvalue weighted by atomic mass is 10.1. The minimum absolute atomic E-state index is 0.282. The summed E-state index contributed by atoms with van der Waals surface area (Å²) in [6.45, 7) is 1.96. The number of imidazole rings is 1. The van der Waals surface area contributed by atoms with Gasteiger partial charge in [0.2, 0.25) is 0 Å². The number of nitrogens with zero attached hydrogens (tertiary/aromatic N) is 2. The third kappa shape index (κ3) is 1.77. The van der Waals surface area contributed by atoms with Crippen LogP contribution in [0.2, 0.25) is 5.02 Å². The fourth-order valence-electron chi connectivity index (χ4n) is 2.02. The van der Waals surface area contributed by atoms with E-state index in [0.717, 1.165) is 17.0 Å². The van der Waals surface area contributed by atoms with Crippen LogP contribution in [0.1, 0.15) is 5.69 Å². The van der Waals surface area contributed by atoms with Crippen LogP contribution in [0.15, 0.2) is 42.6 Å². The smallest absolute Gasteiger partial charge is 0.140 e. The van der Waals surface area contributed by atoms with Crippen molar-refractivity contribution >= 4 is 17.2 Å². The van der Waals surface area contributed by atoms with Crippen LogP contribution >= 0.6 is 11.6 Å². The average molecular weight is 261 g/mol. The van der Waals surface area contributed by atoms with Gasteiger partial charge in [-0.15, -0.1) is 0 Å². The second-order valence-electron chi connectivity index (χ2n) is 4.13. The molecule has 2 nitrogen and oxygen atoms in total. The first-order chi connectivity index (χ1) is 8.65. The number of aryl methyl sites for hydroxylation is 1. The molecule has 0 aliphatic carbocycles. The van der Waals surface area contributed by atoms with Crippen LogP contribution in [-0.2, 0) is 0 Å². The first-order valence-corrected chi connectivity index (χ1v) is 5.93. The molecular weight excluding hydrogens is 251 g/mol. The molecule has 3 rings (SSSR count). The van der Waals surface area contributed by atoms with Crippen molar-refractivity contribution in [1.29, 1.82) is 0 Å². The predicted octanol–water partition coefficient (Wildman–Crippen LogP) is 4.10. The van der Waals surface area contributed by atoms with Crippen LogP contribution in [-0.4, -0.2) is 9.38 Å². The summed E-state index contributed by atoms with van der Waals surface area (Å²) in [7, 11) is 0. The maximum Gasteiger partial charge on any atom is 0.140 e. The normalized spacial score (nSPS) is 11.1. The fraction of sp³-hybridized carbons (Fsp3) is 0.0714. The number of pyridine rings is 1. The molecule has 0 aliphatic heterocycles. The Morgan fingerprint density at radius 1 is 1.17 bits per heavy atom. The molecule has 0 atom stereocenters. The summed E-state index contributed by atoms with van der Waals surface area (Å²) in [6.07, 6.45) is 1.69. The van der Waals surface area contributed by atoms with Crippen molar-refractivity contribution in [3.63, 3.8) is 0 Å². The van der Waals surface area contributed by atoms with Crippen molar-refractivity contribution < 1.29 is 4.39 Å². The highest BCUT2D eigenvalue weighted by Gasteiger charge is 2.10. The topological polar surface area (TPSA) is 17.3 Å². The summed E-state index contributed by atoms with van der Waals surface area (Å²) >= 11 is 5.86. The van der Waals surface area contributed by atoms with Crippen LogP contribution in [0, 0.1) is 12.7 Å². The van der Waals surface area contributed by atoms with Crippen molar-refractivity contribution in [2.45, 2.75) is 6.92 Å². The molecule has 0 radical (unpaired) electrons. The molecular formula is C14H10ClFN2. The second kappa shape index (κ2) is 4.10. The summed E-state index contributed by atoms with van der Waals surface area (Å²) in [6, 6.07) is 10.3. The van der Waals surface area contributed by atoms with Gasteiger partial charge in [0.05, 0.1) is 5.69 Å². The third-order valence-electron chi connectivity index (χ3n) is 2.94. The van der Waals surface area contributed by atoms with Gasteiger partial charge in [0.25, 0.3) is 0 Å². The summed E-state index contributed by atoms with van der Waals surface area (Å²) in [5.41, 5.74) is 3.41. The Bertz CT molecular complexity index is 716. The van der Waals surface area contributed by atoms with Crippen molar-refractivity contribution in [3.05, 3.63) is 59.1 Å². The van der Waals surface area contributed by atoms with E-state index in [-0.39, 0.29) is 5.82 Å². The lowest BCUT2D eigenvalue weighted by Gasteiger charge is -1.99. The summed E-state index contributed by atoms with van der Waals surface area (Å²) in [5.74, 6) is -0.282. The lowest BCUT2D eigenvalue weighted by Crippen LogP contribution is -1.87. The van der Waals surface area contributed by atoms with E-state index in [1.165, 1.54) is 12.1 Å². The van der Waals surface area contributed by atoms with Crippen LogP contribution in [0.25, 0.3) is 16.9 Å². The Morgan fingerprint density at radius 3 is 2.61 bits per heavy atom. The highest BCUT2D eigenvalue weighted by Crippen LogP contribution is 2.25. The monoisotopic (exact) mass is 260 g/mol. The first-order valence-electron chi connectivity index (χ1n) is 5.55. The highest BCUT2D eigenvalue weighted by atomic mass is 35.5. The third-order valence-corrected chi connectivity index (χ3v) is 3.20. The Labute approximate surface area is 109 Å². The van der Waals surface area contributed by atoms with Gasteiger partial charge in [-0.1, -0.05) is 23.7 Å². The van der Waals surface area contributed by atoms with Gasteiger partial charge in [0.15, 0.2) is 0 Å². The van der Waals surface area contributed by atoms with Gasteiger partial charge >= 0.3 is 0 Å². The molecule has 18 heavy (non-hydrogen) atoms. The Morgan fingerprint density at radius 2 is 1.89 bits per heavy atom. The van der Waals surface area contributed by atoms with Crippen molar-refractivity contribution in [2.75, 3.05) is 0 Å². The summed E-state index contributed by atoms with van der Waals surface area (Å²) in [5, 5.41) is 0.686. The number of rotatable bonds is 1. The first kappa shape index (κ1) is 11.2. The second-order valence-corrected chi connectivity index (χ2v) is 4.56. The molecule has 1 aromatic carbocycles. The largest absolute Gasteiger partial charge is 0.304 e. The van der Waals surface area contributed by atoms with Gasteiger partial charge in [-0.3, -0.25) is 0 Å². The van der Waals surface area contributed by atoms with Crippen LogP contribution in [0.3, 0.4) is 0 Å². The molecule has 90 valence electrons. The maximum absolute atomic E-state index is 13.2. The minimum atomic E-state index is -0.282. The minimum Gasteiger partial charge on any atom is -0.304 e. The van der Waals surface area contributed by atoms with Crippen LogP contribution < -0.4 is 0 Å². The zero-order chi connectivity index (χ0) is 12.7. The van der Waals surface area contributed by atoms with Crippen LogP contribution in [0.5, 0.6) is 0 Å². The van der Waals surface area contributed by atoms with E-state index in [1.54, 1.807) is 6.20 Å². The van der Waals surface area contributed by atoms with E-state index in [2.05, 4.69) is 4.98 Å². The molecule has 2 heterocycles. The zero-order valence-electron chi connectivity index (χ0n) is 9.69. The summed E-state index contributed by atoms with van der Waals surface area (Å²) in [4.78, 5) is 4.45. The standard InChI is InChI=1S/C14H10ClFN2/c1-9-14(10-2-4-11(15)5-3-10)17-13-8-12(16)6-7-18(9)13/h2-8H,1H3. The van der Waals surface area contributed by atoms with Gasteiger partial charge in [-0.05, 0) is 25.1 Å². The SMILES string of the molecule is Cc1c(-c2ccc(Cl)cc2)nc2cc(F)ccn12.